The molecule has 0 aromatic heterocycles. The standard InChI is InChI=1S/C20H22N2O4/c1-13-7-9-17(22(24)25)12-19(13)21-20(23)14(2)26-18-10-8-15-5-3-4-6-16(15)11-18/h7-12,14H,3-6H2,1-2H3,(H,21,23)/t14-/m1/s1. The Morgan fingerprint density at radius 1 is 1.15 bits per heavy atom. The molecular formula is C20H22N2O4. The van der Waals surface area contributed by atoms with Gasteiger partial charge >= 0.3 is 0 Å². The predicted molar refractivity (Wildman–Crippen MR) is 99.6 cm³/mol. The Hall–Kier alpha value is -2.89. The number of ether oxygens (including phenoxy) is 1. The van der Waals surface area contributed by atoms with Crippen molar-refractivity contribution in [2.75, 3.05) is 5.32 Å². The number of aryl methyl sites for hydroxylation is 3. The summed E-state index contributed by atoms with van der Waals surface area (Å²) in [6.07, 6.45) is 3.82. The molecule has 0 heterocycles. The molecule has 2 aromatic rings. The third-order valence-corrected chi connectivity index (χ3v) is 4.69. The van der Waals surface area contributed by atoms with Crippen molar-refractivity contribution < 1.29 is 14.5 Å². The maximum absolute atomic E-state index is 12.4. The Morgan fingerprint density at radius 3 is 2.62 bits per heavy atom. The summed E-state index contributed by atoms with van der Waals surface area (Å²) < 4.78 is 5.79. The summed E-state index contributed by atoms with van der Waals surface area (Å²) in [5, 5.41) is 13.6. The van der Waals surface area contributed by atoms with Crippen molar-refractivity contribution in [3.63, 3.8) is 0 Å². The molecule has 0 bridgehead atoms. The first kappa shape index (κ1) is 17.9. The Kier molecular flexibility index (Phi) is 5.21. The highest BCUT2D eigenvalue weighted by atomic mass is 16.6. The second kappa shape index (κ2) is 7.56. The third kappa shape index (κ3) is 4.02. The number of nitro groups is 1. The average Bonchev–Trinajstić information content (AvgIpc) is 2.63. The van der Waals surface area contributed by atoms with Crippen LogP contribution in [0.2, 0.25) is 0 Å². The van der Waals surface area contributed by atoms with Crippen LogP contribution in [-0.2, 0) is 17.6 Å². The molecular weight excluding hydrogens is 332 g/mol. The van der Waals surface area contributed by atoms with Gasteiger partial charge in [-0.1, -0.05) is 12.1 Å². The first-order chi connectivity index (χ1) is 12.4. The van der Waals surface area contributed by atoms with Crippen LogP contribution in [0, 0.1) is 17.0 Å². The summed E-state index contributed by atoms with van der Waals surface area (Å²) >= 11 is 0. The normalized spacial score (nSPS) is 14.2. The lowest BCUT2D eigenvalue weighted by atomic mass is 9.92. The lowest BCUT2D eigenvalue weighted by molar-refractivity contribution is -0.384. The van der Waals surface area contributed by atoms with Gasteiger partial charge in [-0.25, -0.2) is 0 Å². The number of nitrogens with zero attached hydrogens (tertiary/aromatic N) is 1. The van der Waals surface area contributed by atoms with Gasteiger partial charge in [-0.3, -0.25) is 14.9 Å². The fourth-order valence-electron chi connectivity index (χ4n) is 3.13. The van der Waals surface area contributed by atoms with E-state index in [-0.39, 0.29) is 11.6 Å². The average molecular weight is 354 g/mol. The number of rotatable bonds is 5. The Balaban J connectivity index is 1.68. The smallest absolute Gasteiger partial charge is 0.271 e. The van der Waals surface area contributed by atoms with Gasteiger partial charge in [0.1, 0.15) is 5.75 Å². The van der Waals surface area contributed by atoms with Gasteiger partial charge in [0.05, 0.1) is 10.6 Å². The molecule has 0 spiro atoms. The van der Waals surface area contributed by atoms with Gasteiger partial charge in [0.2, 0.25) is 0 Å². The van der Waals surface area contributed by atoms with Gasteiger partial charge in [0.25, 0.3) is 11.6 Å². The van der Waals surface area contributed by atoms with E-state index in [2.05, 4.69) is 11.4 Å². The molecule has 2 aromatic carbocycles. The van der Waals surface area contributed by atoms with E-state index in [0.29, 0.717) is 11.4 Å². The molecule has 0 aliphatic heterocycles. The van der Waals surface area contributed by atoms with Crippen LogP contribution in [0.1, 0.15) is 36.5 Å². The number of carbonyl (C=O) groups excluding carboxylic acids is 1. The van der Waals surface area contributed by atoms with Crippen molar-refractivity contribution in [2.24, 2.45) is 0 Å². The van der Waals surface area contributed by atoms with Gasteiger partial charge in [0, 0.05) is 12.1 Å². The van der Waals surface area contributed by atoms with Crippen LogP contribution < -0.4 is 10.1 Å². The summed E-state index contributed by atoms with van der Waals surface area (Å²) in [7, 11) is 0. The number of fused-ring (bicyclic) bond motifs is 1. The summed E-state index contributed by atoms with van der Waals surface area (Å²) in [5.74, 6) is 0.329. The maximum atomic E-state index is 12.4. The van der Waals surface area contributed by atoms with Gasteiger partial charge in [-0.05, 0) is 68.4 Å². The number of carbonyl (C=O) groups is 1. The maximum Gasteiger partial charge on any atom is 0.271 e. The highest BCUT2D eigenvalue weighted by Crippen LogP contribution is 2.26. The molecule has 0 saturated carbocycles. The minimum atomic E-state index is -0.713. The van der Waals surface area contributed by atoms with Crippen LogP contribution in [-0.4, -0.2) is 16.9 Å². The van der Waals surface area contributed by atoms with Crippen LogP contribution >= 0.6 is 0 Å². The number of hydrogen-bond acceptors (Lipinski definition) is 4. The number of non-ortho nitro benzene ring substituents is 1. The van der Waals surface area contributed by atoms with E-state index in [9.17, 15) is 14.9 Å². The molecule has 6 heteroatoms. The largest absolute Gasteiger partial charge is 0.481 e. The molecule has 0 radical (unpaired) electrons. The van der Waals surface area contributed by atoms with Crippen LogP contribution in [0.5, 0.6) is 5.75 Å². The molecule has 26 heavy (non-hydrogen) atoms. The van der Waals surface area contributed by atoms with Crippen LogP contribution in [0.4, 0.5) is 11.4 Å². The van der Waals surface area contributed by atoms with E-state index < -0.39 is 11.0 Å². The van der Waals surface area contributed by atoms with E-state index >= 15 is 0 Å². The van der Waals surface area contributed by atoms with Crippen molar-refractivity contribution >= 4 is 17.3 Å². The molecule has 1 amide bonds. The Bertz CT molecular complexity index is 848. The quantitative estimate of drug-likeness (QED) is 0.645. The molecule has 1 aliphatic rings. The number of benzene rings is 2. The zero-order valence-corrected chi connectivity index (χ0v) is 15.0. The summed E-state index contributed by atoms with van der Waals surface area (Å²) in [6, 6.07) is 10.4. The van der Waals surface area contributed by atoms with E-state index in [0.717, 1.165) is 18.4 Å². The van der Waals surface area contributed by atoms with E-state index in [1.54, 1.807) is 19.9 Å². The highest BCUT2D eigenvalue weighted by molar-refractivity contribution is 5.95. The molecule has 1 aliphatic carbocycles. The van der Waals surface area contributed by atoms with Crippen LogP contribution in [0.25, 0.3) is 0 Å². The molecule has 0 saturated heterocycles. The first-order valence-electron chi connectivity index (χ1n) is 8.78. The molecule has 6 nitrogen and oxygen atoms in total. The zero-order chi connectivity index (χ0) is 18.7. The monoisotopic (exact) mass is 354 g/mol. The molecule has 136 valence electrons. The molecule has 3 rings (SSSR count). The lowest BCUT2D eigenvalue weighted by Gasteiger charge is -2.19. The summed E-state index contributed by atoms with van der Waals surface area (Å²) in [6.45, 7) is 3.45. The zero-order valence-electron chi connectivity index (χ0n) is 15.0. The van der Waals surface area contributed by atoms with Gasteiger partial charge in [-0.2, -0.15) is 0 Å². The van der Waals surface area contributed by atoms with Crippen molar-refractivity contribution in [1.29, 1.82) is 0 Å². The van der Waals surface area contributed by atoms with Gasteiger partial charge in [-0.15, -0.1) is 0 Å². The van der Waals surface area contributed by atoms with E-state index in [1.165, 1.54) is 36.1 Å². The van der Waals surface area contributed by atoms with E-state index in [1.807, 2.05) is 12.1 Å². The SMILES string of the molecule is Cc1ccc([N+](=O)[O-])cc1NC(=O)[C@@H](C)Oc1ccc2c(c1)CCCC2. The predicted octanol–water partition coefficient (Wildman–Crippen LogP) is 4.19. The first-order valence-corrected chi connectivity index (χ1v) is 8.78. The lowest BCUT2D eigenvalue weighted by Crippen LogP contribution is -2.30. The third-order valence-electron chi connectivity index (χ3n) is 4.69. The minimum absolute atomic E-state index is 0.0610. The minimum Gasteiger partial charge on any atom is -0.481 e. The van der Waals surface area contributed by atoms with E-state index in [4.69, 9.17) is 4.74 Å². The number of anilines is 1. The second-order valence-electron chi connectivity index (χ2n) is 6.64. The molecule has 1 N–H and O–H groups in total. The topological polar surface area (TPSA) is 81.5 Å². The van der Waals surface area contributed by atoms with Crippen molar-refractivity contribution in [3.05, 3.63) is 63.2 Å². The highest BCUT2D eigenvalue weighted by Gasteiger charge is 2.18. The molecule has 0 fully saturated rings. The number of hydrogen-bond donors (Lipinski definition) is 1. The van der Waals surface area contributed by atoms with Crippen molar-refractivity contribution in [2.45, 2.75) is 45.6 Å². The van der Waals surface area contributed by atoms with Gasteiger partial charge in [0.15, 0.2) is 6.10 Å². The number of nitrogens with one attached hydrogen (secondary N) is 1. The fraction of sp³-hybridized carbons (Fsp3) is 0.350. The second-order valence-corrected chi connectivity index (χ2v) is 6.64. The van der Waals surface area contributed by atoms with Crippen LogP contribution in [0.15, 0.2) is 36.4 Å². The fourth-order valence-corrected chi connectivity index (χ4v) is 3.13. The number of nitro benzene ring substituents is 1. The summed E-state index contributed by atoms with van der Waals surface area (Å²) in [4.78, 5) is 22.9. The molecule has 1 atom stereocenters. The Labute approximate surface area is 152 Å². The van der Waals surface area contributed by atoms with Crippen molar-refractivity contribution in [1.82, 2.24) is 0 Å². The number of amides is 1. The summed E-state index contributed by atoms with van der Waals surface area (Å²) in [5.41, 5.74) is 3.76. The Morgan fingerprint density at radius 2 is 1.88 bits per heavy atom. The van der Waals surface area contributed by atoms with Gasteiger partial charge < -0.3 is 10.1 Å². The molecule has 0 unspecified atom stereocenters. The van der Waals surface area contributed by atoms with Crippen molar-refractivity contribution in [3.8, 4) is 5.75 Å². The van der Waals surface area contributed by atoms with Crippen LogP contribution in [0.3, 0.4) is 0 Å².